The number of cyclic esters (lactones) is 2. The highest BCUT2D eigenvalue weighted by Crippen LogP contribution is 2.47. The van der Waals surface area contributed by atoms with Crippen molar-refractivity contribution in [1.29, 1.82) is 0 Å². The molecule has 0 spiro atoms. The second kappa shape index (κ2) is 15.2. The van der Waals surface area contributed by atoms with Crippen molar-refractivity contribution in [1.82, 2.24) is 0 Å². The maximum atomic E-state index is 12.9. The topological polar surface area (TPSA) is 170 Å². The van der Waals surface area contributed by atoms with Gasteiger partial charge in [-0.1, -0.05) is 12.1 Å². The fourth-order valence-corrected chi connectivity index (χ4v) is 7.21. The number of methoxy groups -OCH3 is 4. The normalized spacial score (nSPS) is 19.6. The monoisotopic (exact) mass is 714 g/mol. The molecule has 4 aromatic rings. The van der Waals surface area contributed by atoms with Crippen molar-refractivity contribution < 1.29 is 58.4 Å². The van der Waals surface area contributed by atoms with Crippen molar-refractivity contribution >= 4 is 11.9 Å². The van der Waals surface area contributed by atoms with Crippen molar-refractivity contribution in [3.63, 3.8) is 0 Å². The van der Waals surface area contributed by atoms with Gasteiger partial charge in [0.1, 0.15) is 0 Å². The van der Waals surface area contributed by atoms with Crippen LogP contribution >= 0.6 is 0 Å². The van der Waals surface area contributed by atoms with E-state index < -0.39 is 11.8 Å². The van der Waals surface area contributed by atoms with E-state index in [1.807, 2.05) is 0 Å². The lowest BCUT2D eigenvalue weighted by molar-refractivity contribution is -0.142. The third kappa shape index (κ3) is 7.32. The fourth-order valence-electron chi connectivity index (χ4n) is 7.21. The Bertz CT molecular complexity index is 1830. The van der Waals surface area contributed by atoms with Gasteiger partial charge < -0.3 is 48.8 Å². The van der Waals surface area contributed by atoms with E-state index in [1.54, 1.807) is 48.5 Å². The quantitative estimate of drug-likeness (QED) is 0.131. The number of aromatic hydroxyl groups is 4. The number of carbonyl (C=O) groups is 2. The predicted octanol–water partition coefficient (Wildman–Crippen LogP) is 5.36. The molecule has 2 aliphatic rings. The van der Waals surface area contributed by atoms with Crippen LogP contribution in [0, 0.1) is 23.7 Å². The molecule has 4 N–H and O–H groups in total. The molecule has 0 aromatic heterocycles. The van der Waals surface area contributed by atoms with E-state index in [0.717, 1.165) is 22.3 Å². The van der Waals surface area contributed by atoms with E-state index in [2.05, 4.69) is 0 Å². The zero-order valence-electron chi connectivity index (χ0n) is 29.4. The van der Waals surface area contributed by atoms with Crippen molar-refractivity contribution in [3.05, 3.63) is 82.9 Å². The van der Waals surface area contributed by atoms with Gasteiger partial charge in [0, 0.05) is 23.0 Å². The van der Waals surface area contributed by atoms with Gasteiger partial charge in [0.25, 0.3) is 0 Å². The summed E-state index contributed by atoms with van der Waals surface area (Å²) in [5, 5.41) is 42.8. The number of carbonyl (C=O) groups excluding carboxylic acids is 2. The Labute approximate surface area is 301 Å². The van der Waals surface area contributed by atoms with E-state index in [0.29, 0.717) is 48.3 Å². The summed E-state index contributed by atoms with van der Waals surface area (Å²) in [6, 6.07) is 16.8. The van der Waals surface area contributed by atoms with Gasteiger partial charge in [-0.15, -0.1) is 0 Å². The minimum Gasteiger partial charge on any atom is -0.504 e. The van der Waals surface area contributed by atoms with Crippen LogP contribution in [0.4, 0.5) is 0 Å². The third-order valence-electron chi connectivity index (χ3n) is 10.0. The highest BCUT2D eigenvalue weighted by atomic mass is 16.5. The van der Waals surface area contributed by atoms with Crippen LogP contribution in [0.3, 0.4) is 0 Å². The first kappa shape index (κ1) is 36.0. The van der Waals surface area contributed by atoms with Crippen LogP contribution in [0.15, 0.2) is 60.7 Å². The largest absolute Gasteiger partial charge is 0.504 e. The number of hydrogen-bond donors (Lipinski definition) is 4. The molecular weight excluding hydrogens is 672 g/mol. The molecule has 4 atom stereocenters. The SMILES string of the molecule is COc1cc(C[C@H]2C(=O)OC[C@@H]2Cc2cc(OC)c(O)c(-c3cc(C[C@H]4COC(=O)[C@@H]4Cc4ccc(O)c(OC)c4)cc(OC)c3O)c2)ccc1O. The molecule has 0 aliphatic carbocycles. The molecule has 0 saturated carbocycles. The lowest BCUT2D eigenvalue weighted by Gasteiger charge is -2.20. The standard InChI is InChI=1S/C40H42O12/c1-47-33-15-21(5-7-31(33)41)11-27-25(19-51-39(27)45)9-23-13-29(37(43)35(17-23)49-3)30-14-24(18-36(50-4)38(30)44)10-26-20-52-40(46)28(26)12-22-6-8-32(42)34(16-22)48-2/h5-8,13-18,25-28,41-44H,9-12,19-20H2,1-4H3/t25-,26-,27+,28+/m0/s1. The second-order valence-electron chi connectivity index (χ2n) is 13.2. The number of hydrogen-bond acceptors (Lipinski definition) is 12. The van der Waals surface area contributed by atoms with Crippen molar-refractivity contribution in [2.75, 3.05) is 41.7 Å². The molecule has 0 bridgehead atoms. The molecule has 12 nitrogen and oxygen atoms in total. The van der Waals surface area contributed by atoms with Gasteiger partial charge in [-0.3, -0.25) is 9.59 Å². The molecule has 4 aromatic carbocycles. The number of esters is 2. The summed E-state index contributed by atoms with van der Waals surface area (Å²) in [5.74, 6) is -1.40. The zero-order valence-corrected chi connectivity index (χ0v) is 29.4. The highest BCUT2D eigenvalue weighted by Gasteiger charge is 2.39. The lowest BCUT2D eigenvalue weighted by Crippen LogP contribution is -2.21. The first-order valence-electron chi connectivity index (χ1n) is 16.9. The Kier molecular flexibility index (Phi) is 10.5. The van der Waals surface area contributed by atoms with Crippen LogP contribution < -0.4 is 18.9 Å². The van der Waals surface area contributed by atoms with Crippen molar-refractivity contribution in [3.8, 4) is 57.1 Å². The Balaban J connectivity index is 1.29. The number of rotatable bonds is 13. The number of phenolic OH excluding ortho intramolecular Hbond substituents is 4. The average molecular weight is 715 g/mol. The maximum absolute atomic E-state index is 12.9. The summed E-state index contributed by atoms with van der Waals surface area (Å²) in [4.78, 5) is 25.8. The number of phenols is 4. The Morgan fingerprint density at radius 1 is 0.519 bits per heavy atom. The van der Waals surface area contributed by atoms with Crippen LogP contribution in [0.2, 0.25) is 0 Å². The van der Waals surface area contributed by atoms with Crippen LogP contribution in [0.1, 0.15) is 22.3 Å². The Morgan fingerprint density at radius 3 is 1.25 bits per heavy atom. The first-order valence-corrected chi connectivity index (χ1v) is 16.9. The molecule has 0 amide bonds. The molecular formula is C40H42O12. The molecule has 6 rings (SSSR count). The minimum atomic E-state index is -0.471. The zero-order chi connectivity index (χ0) is 37.1. The third-order valence-corrected chi connectivity index (χ3v) is 10.0. The van der Waals surface area contributed by atoms with E-state index >= 15 is 0 Å². The van der Waals surface area contributed by atoms with Crippen LogP contribution in [0.5, 0.6) is 46.0 Å². The van der Waals surface area contributed by atoms with E-state index in [-0.39, 0.29) is 71.5 Å². The first-order chi connectivity index (χ1) is 25.0. The minimum absolute atomic E-state index is 0.00415. The van der Waals surface area contributed by atoms with Crippen LogP contribution in [-0.4, -0.2) is 74.0 Å². The summed E-state index contributed by atoms with van der Waals surface area (Å²) >= 11 is 0. The molecule has 274 valence electrons. The van der Waals surface area contributed by atoms with E-state index in [9.17, 15) is 30.0 Å². The van der Waals surface area contributed by atoms with Gasteiger partial charge >= 0.3 is 11.9 Å². The van der Waals surface area contributed by atoms with Gasteiger partial charge in [-0.25, -0.2) is 0 Å². The van der Waals surface area contributed by atoms with Crippen molar-refractivity contribution in [2.24, 2.45) is 23.7 Å². The summed E-state index contributed by atoms with van der Waals surface area (Å²) < 4.78 is 32.6. The van der Waals surface area contributed by atoms with Gasteiger partial charge in [-0.05, 0) is 96.5 Å². The Hall–Kier alpha value is -5.78. The van der Waals surface area contributed by atoms with E-state index in [1.165, 1.54) is 40.6 Å². The molecule has 2 saturated heterocycles. The smallest absolute Gasteiger partial charge is 0.309 e. The van der Waals surface area contributed by atoms with Crippen LogP contribution in [-0.2, 0) is 44.7 Å². The molecule has 0 unspecified atom stereocenters. The van der Waals surface area contributed by atoms with Gasteiger partial charge in [0.2, 0.25) is 0 Å². The summed E-state index contributed by atoms with van der Waals surface area (Å²) in [7, 11) is 5.79. The number of benzene rings is 4. The molecule has 12 heteroatoms. The van der Waals surface area contributed by atoms with Crippen LogP contribution in [0.25, 0.3) is 11.1 Å². The number of ether oxygens (including phenoxy) is 6. The van der Waals surface area contributed by atoms with Crippen molar-refractivity contribution in [2.45, 2.75) is 25.7 Å². The Morgan fingerprint density at radius 2 is 0.885 bits per heavy atom. The molecule has 2 heterocycles. The molecule has 2 fully saturated rings. The molecule has 2 aliphatic heterocycles. The summed E-state index contributed by atoms with van der Waals surface area (Å²) in [5.41, 5.74) is 3.68. The fraction of sp³-hybridized carbons (Fsp3) is 0.350. The highest BCUT2D eigenvalue weighted by molar-refractivity contribution is 5.81. The summed E-state index contributed by atoms with van der Waals surface area (Å²) in [6.45, 7) is 0.401. The molecule has 52 heavy (non-hydrogen) atoms. The van der Waals surface area contributed by atoms with Gasteiger partial charge in [0.05, 0.1) is 53.5 Å². The summed E-state index contributed by atoms with van der Waals surface area (Å²) in [6.07, 6.45) is 1.55. The molecule has 0 radical (unpaired) electrons. The van der Waals surface area contributed by atoms with Gasteiger partial charge in [-0.2, -0.15) is 0 Å². The maximum Gasteiger partial charge on any atom is 0.309 e. The lowest BCUT2D eigenvalue weighted by atomic mass is 9.83. The second-order valence-corrected chi connectivity index (χ2v) is 13.2. The van der Waals surface area contributed by atoms with E-state index in [4.69, 9.17) is 28.4 Å². The average Bonchev–Trinajstić information content (AvgIpc) is 3.66. The predicted molar refractivity (Wildman–Crippen MR) is 188 cm³/mol. The van der Waals surface area contributed by atoms with Gasteiger partial charge in [0.15, 0.2) is 46.0 Å².